The third-order valence-corrected chi connectivity index (χ3v) is 3.47. The molecule has 5 nitrogen and oxygen atoms in total. The Bertz CT molecular complexity index is 479. The predicted molar refractivity (Wildman–Crippen MR) is 82.3 cm³/mol. The first kappa shape index (κ1) is 17.6. The molecular weight excluding hydrogens is 294 g/mol. The van der Waals surface area contributed by atoms with E-state index in [1.54, 1.807) is 12.1 Å². The molecule has 0 spiro atoms. The molecule has 2 N–H and O–H groups in total. The minimum Gasteiger partial charge on any atom is -0.493 e. The van der Waals surface area contributed by atoms with Crippen LogP contribution in [0.4, 0.5) is 0 Å². The Labute approximate surface area is 130 Å². The smallest absolute Gasteiger partial charge is 0.320 e. The van der Waals surface area contributed by atoms with E-state index in [0.717, 1.165) is 18.4 Å². The van der Waals surface area contributed by atoms with Gasteiger partial charge in [0.1, 0.15) is 6.04 Å². The van der Waals surface area contributed by atoms with E-state index < -0.39 is 12.0 Å². The summed E-state index contributed by atoms with van der Waals surface area (Å²) in [4.78, 5) is 11.2. The maximum absolute atomic E-state index is 11.2. The number of unbranched alkanes of at least 4 members (excludes halogenated alkanes) is 1. The number of nitrogens with one attached hydrogen (secondary N) is 1. The molecule has 0 saturated carbocycles. The molecule has 0 bridgehead atoms. The fourth-order valence-electron chi connectivity index (χ4n) is 2.04. The molecule has 0 aliphatic heterocycles. The second-order valence-electron chi connectivity index (χ2n) is 4.73. The third kappa shape index (κ3) is 5.10. The van der Waals surface area contributed by atoms with E-state index in [2.05, 4.69) is 5.32 Å². The maximum atomic E-state index is 11.2. The number of rotatable bonds is 9. The summed E-state index contributed by atoms with van der Waals surface area (Å²) in [5, 5.41) is 12.7. The number of benzene rings is 1. The standard InChI is InChI=1S/C15H22ClNO4/c1-4-5-6-12(15(18)19)17-9-10-7-11(16)14(21-3)13(8-10)20-2/h7-8,12,17H,4-6,9H2,1-3H3,(H,18,19). The molecule has 1 aromatic carbocycles. The molecular formula is C15H22ClNO4. The molecule has 1 rings (SSSR count). The molecule has 0 fully saturated rings. The zero-order chi connectivity index (χ0) is 15.8. The van der Waals surface area contributed by atoms with Crippen LogP contribution in [0.5, 0.6) is 11.5 Å². The van der Waals surface area contributed by atoms with Crippen LogP contribution in [0.15, 0.2) is 12.1 Å². The molecule has 0 saturated heterocycles. The molecule has 0 aromatic heterocycles. The van der Waals surface area contributed by atoms with Gasteiger partial charge in [0.2, 0.25) is 0 Å². The highest BCUT2D eigenvalue weighted by atomic mass is 35.5. The van der Waals surface area contributed by atoms with Crippen molar-refractivity contribution in [3.8, 4) is 11.5 Å². The summed E-state index contributed by atoms with van der Waals surface area (Å²) in [7, 11) is 3.06. The van der Waals surface area contributed by atoms with Crippen molar-refractivity contribution in [3.63, 3.8) is 0 Å². The first-order valence-electron chi connectivity index (χ1n) is 6.90. The summed E-state index contributed by atoms with van der Waals surface area (Å²) < 4.78 is 10.4. The number of ether oxygens (including phenoxy) is 2. The second kappa shape index (κ2) is 8.74. The van der Waals surface area contributed by atoms with Crippen molar-refractivity contribution in [1.29, 1.82) is 0 Å². The van der Waals surface area contributed by atoms with Crippen LogP contribution in [-0.4, -0.2) is 31.3 Å². The third-order valence-electron chi connectivity index (χ3n) is 3.19. The molecule has 6 heteroatoms. The van der Waals surface area contributed by atoms with Crippen molar-refractivity contribution in [3.05, 3.63) is 22.7 Å². The molecule has 0 radical (unpaired) electrons. The van der Waals surface area contributed by atoms with Crippen molar-refractivity contribution in [1.82, 2.24) is 5.32 Å². The molecule has 118 valence electrons. The highest BCUT2D eigenvalue weighted by Crippen LogP contribution is 2.35. The van der Waals surface area contributed by atoms with E-state index in [9.17, 15) is 9.90 Å². The molecule has 0 heterocycles. The van der Waals surface area contributed by atoms with Crippen LogP contribution in [0.3, 0.4) is 0 Å². The fourth-order valence-corrected chi connectivity index (χ4v) is 2.35. The van der Waals surface area contributed by atoms with E-state index in [4.69, 9.17) is 21.1 Å². The van der Waals surface area contributed by atoms with Gasteiger partial charge in [-0.2, -0.15) is 0 Å². The lowest BCUT2D eigenvalue weighted by Crippen LogP contribution is -2.36. The average molecular weight is 316 g/mol. The lowest BCUT2D eigenvalue weighted by molar-refractivity contribution is -0.139. The average Bonchev–Trinajstić information content (AvgIpc) is 2.46. The lowest BCUT2D eigenvalue weighted by atomic mass is 10.1. The van der Waals surface area contributed by atoms with Gasteiger partial charge in [0, 0.05) is 6.54 Å². The first-order valence-corrected chi connectivity index (χ1v) is 7.27. The maximum Gasteiger partial charge on any atom is 0.320 e. The van der Waals surface area contributed by atoms with Crippen molar-refractivity contribution >= 4 is 17.6 Å². The Kier molecular flexibility index (Phi) is 7.32. The molecule has 0 aliphatic rings. The lowest BCUT2D eigenvalue weighted by Gasteiger charge is -2.16. The Morgan fingerprint density at radius 3 is 2.62 bits per heavy atom. The predicted octanol–water partition coefficient (Wildman–Crippen LogP) is 3.09. The molecule has 0 aliphatic carbocycles. The van der Waals surface area contributed by atoms with Crippen LogP contribution < -0.4 is 14.8 Å². The van der Waals surface area contributed by atoms with Crippen LogP contribution in [0.1, 0.15) is 31.7 Å². The normalized spacial score (nSPS) is 12.0. The molecule has 0 amide bonds. The van der Waals surface area contributed by atoms with E-state index >= 15 is 0 Å². The summed E-state index contributed by atoms with van der Waals surface area (Å²) in [5.41, 5.74) is 0.848. The summed E-state index contributed by atoms with van der Waals surface area (Å²) in [6.07, 6.45) is 2.44. The van der Waals surface area contributed by atoms with Gasteiger partial charge in [0.25, 0.3) is 0 Å². The highest BCUT2D eigenvalue weighted by Gasteiger charge is 2.17. The van der Waals surface area contributed by atoms with Crippen molar-refractivity contribution < 1.29 is 19.4 Å². The van der Waals surface area contributed by atoms with E-state index in [1.807, 2.05) is 6.92 Å². The number of methoxy groups -OCH3 is 2. The van der Waals surface area contributed by atoms with Gasteiger partial charge in [-0.1, -0.05) is 31.4 Å². The van der Waals surface area contributed by atoms with Gasteiger partial charge in [-0.3, -0.25) is 4.79 Å². The van der Waals surface area contributed by atoms with Crippen LogP contribution in [0, 0.1) is 0 Å². The SMILES string of the molecule is CCCCC(NCc1cc(Cl)c(OC)c(OC)c1)C(=O)O. The molecule has 21 heavy (non-hydrogen) atoms. The quantitative estimate of drug-likeness (QED) is 0.733. The number of carboxylic acids is 1. The monoisotopic (exact) mass is 315 g/mol. The first-order chi connectivity index (χ1) is 10.0. The van der Waals surface area contributed by atoms with E-state index in [1.165, 1.54) is 14.2 Å². The second-order valence-corrected chi connectivity index (χ2v) is 5.13. The Morgan fingerprint density at radius 2 is 2.10 bits per heavy atom. The number of carboxylic acid groups (broad SMARTS) is 1. The summed E-state index contributed by atoms with van der Waals surface area (Å²) >= 11 is 6.13. The number of halogens is 1. The number of hydrogen-bond acceptors (Lipinski definition) is 4. The summed E-state index contributed by atoms with van der Waals surface area (Å²) in [6.45, 7) is 2.44. The zero-order valence-corrected chi connectivity index (χ0v) is 13.4. The van der Waals surface area contributed by atoms with Gasteiger partial charge in [0.15, 0.2) is 11.5 Å². The number of carbonyl (C=O) groups is 1. The Morgan fingerprint density at radius 1 is 1.38 bits per heavy atom. The highest BCUT2D eigenvalue weighted by molar-refractivity contribution is 6.32. The van der Waals surface area contributed by atoms with E-state index in [0.29, 0.717) is 29.5 Å². The molecule has 1 aromatic rings. The van der Waals surface area contributed by atoms with Crippen molar-refractivity contribution in [2.45, 2.75) is 38.8 Å². The minimum absolute atomic E-state index is 0.404. The van der Waals surface area contributed by atoms with Gasteiger partial charge in [-0.05, 0) is 24.1 Å². The summed E-state index contributed by atoms with van der Waals surface area (Å²) in [5.74, 6) is 0.168. The fraction of sp³-hybridized carbons (Fsp3) is 0.533. The number of hydrogen-bond donors (Lipinski definition) is 2. The number of aliphatic carboxylic acids is 1. The Hall–Kier alpha value is -1.46. The molecule has 1 atom stereocenters. The van der Waals surface area contributed by atoms with Crippen molar-refractivity contribution in [2.24, 2.45) is 0 Å². The van der Waals surface area contributed by atoms with Crippen LogP contribution in [0.2, 0.25) is 5.02 Å². The topological polar surface area (TPSA) is 67.8 Å². The molecule has 1 unspecified atom stereocenters. The van der Waals surface area contributed by atoms with Crippen LogP contribution in [-0.2, 0) is 11.3 Å². The van der Waals surface area contributed by atoms with Crippen LogP contribution in [0.25, 0.3) is 0 Å². The minimum atomic E-state index is -0.838. The van der Waals surface area contributed by atoms with Crippen LogP contribution >= 0.6 is 11.6 Å². The van der Waals surface area contributed by atoms with Crippen molar-refractivity contribution in [2.75, 3.05) is 14.2 Å². The van der Waals surface area contributed by atoms with Gasteiger partial charge in [0.05, 0.1) is 19.2 Å². The van der Waals surface area contributed by atoms with Gasteiger partial charge in [-0.25, -0.2) is 0 Å². The Balaban J connectivity index is 2.78. The largest absolute Gasteiger partial charge is 0.493 e. The van der Waals surface area contributed by atoms with E-state index in [-0.39, 0.29) is 0 Å². The van der Waals surface area contributed by atoms with Gasteiger partial charge < -0.3 is 19.9 Å². The van der Waals surface area contributed by atoms with Gasteiger partial charge in [-0.15, -0.1) is 0 Å². The van der Waals surface area contributed by atoms with Gasteiger partial charge >= 0.3 is 5.97 Å². The zero-order valence-electron chi connectivity index (χ0n) is 12.6. The summed E-state index contributed by atoms with van der Waals surface area (Å²) in [6, 6.07) is 2.97.